The smallest absolute Gasteiger partial charge is 0.335 e. The highest BCUT2D eigenvalue weighted by Crippen LogP contribution is 2.41. The largest absolute Gasteiger partial charge is 0.497 e. The molecule has 0 heterocycles. The second-order valence-corrected chi connectivity index (χ2v) is 5.94. The normalized spacial score (nSPS) is 14.7. The topological polar surface area (TPSA) is 75.6 Å². The van der Waals surface area contributed by atoms with Crippen LogP contribution in [0, 0.1) is 5.92 Å². The number of carboxylic acid groups (broad SMARTS) is 1. The number of benzene rings is 2. The van der Waals surface area contributed by atoms with Crippen molar-refractivity contribution in [2.24, 2.45) is 5.92 Å². The van der Waals surface area contributed by atoms with Crippen molar-refractivity contribution >= 4 is 11.9 Å². The highest BCUT2D eigenvalue weighted by molar-refractivity contribution is 5.96. The molecule has 0 aliphatic heterocycles. The summed E-state index contributed by atoms with van der Waals surface area (Å²) in [6.07, 6.45) is 2.18. The van der Waals surface area contributed by atoms with Crippen molar-refractivity contribution in [3.8, 4) is 5.75 Å². The Balaban J connectivity index is 1.75. The van der Waals surface area contributed by atoms with Gasteiger partial charge in [0.1, 0.15) is 5.75 Å². The van der Waals surface area contributed by atoms with Crippen LogP contribution in [0.3, 0.4) is 0 Å². The Kier molecular flexibility index (Phi) is 4.51. The van der Waals surface area contributed by atoms with Gasteiger partial charge in [-0.15, -0.1) is 0 Å². The minimum atomic E-state index is -1.00. The zero-order chi connectivity index (χ0) is 17.1. The fraction of sp³-hybridized carbons (Fsp3) is 0.263. The van der Waals surface area contributed by atoms with E-state index in [2.05, 4.69) is 5.32 Å². The molecule has 0 aromatic heterocycles. The second-order valence-electron chi connectivity index (χ2n) is 5.94. The third kappa shape index (κ3) is 3.56. The highest BCUT2D eigenvalue weighted by Gasteiger charge is 2.33. The Morgan fingerprint density at radius 1 is 1.04 bits per heavy atom. The molecule has 0 spiro atoms. The lowest BCUT2D eigenvalue weighted by molar-refractivity contribution is 0.0696. The van der Waals surface area contributed by atoms with Crippen LogP contribution in [-0.2, 0) is 0 Å². The molecule has 1 fully saturated rings. The molecule has 2 N–H and O–H groups in total. The van der Waals surface area contributed by atoms with Gasteiger partial charge in [0.2, 0.25) is 0 Å². The number of carbonyl (C=O) groups is 2. The van der Waals surface area contributed by atoms with Crippen LogP contribution in [0.2, 0.25) is 0 Å². The van der Waals surface area contributed by atoms with E-state index in [0.717, 1.165) is 24.2 Å². The molecule has 2 aromatic rings. The van der Waals surface area contributed by atoms with Crippen LogP contribution in [0.25, 0.3) is 0 Å². The first-order valence-corrected chi connectivity index (χ1v) is 7.86. The van der Waals surface area contributed by atoms with Gasteiger partial charge in [0, 0.05) is 5.56 Å². The maximum Gasteiger partial charge on any atom is 0.335 e. The van der Waals surface area contributed by atoms with E-state index >= 15 is 0 Å². The average molecular weight is 325 g/mol. The molecule has 5 nitrogen and oxygen atoms in total. The van der Waals surface area contributed by atoms with Gasteiger partial charge in [-0.05, 0) is 60.7 Å². The Morgan fingerprint density at radius 3 is 2.12 bits per heavy atom. The van der Waals surface area contributed by atoms with Gasteiger partial charge in [-0.2, -0.15) is 0 Å². The Morgan fingerprint density at radius 2 is 1.62 bits per heavy atom. The van der Waals surface area contributed by atoms with Crippen molar-refractivity contribution in [2.45, 2.75) is 18.9 Å². The first-order chi connectivity index (χ1) is 11.6. The van der Waals surface area contributed by atoms with Crippen molar-refractivity contribution in [2.75, 3.05) is 7.11 Å². The molecular weight excluding hydrogens is 306 g/mol. The molecular formula is C19H19NO4. The van der Waals surface area contributed by atoms with Crippen molar-refractivity contribution in [1.29, 1.82) is 0 Å². The van der Waals surface area contributed by atoms with Gasteiger partial charge in [-0.1, -0.05) is 12.1 Å². The predicted molar refractivity (Wildman–Crippen MR) is 89.3 cm³/mol. The molecule has 0 radical (unpaired) electrons. The summed E-state index contributed by atoms with van der Waals surface area (Å²) in [5.74, 6) is 0.0280. The molecule has 1 aliphatic carbocycles. The fourth-order valence-corrected chi connectivity index (χ4v) is 2.70. The summed E-state index contributed by atoms with van der Waals surface area (Å²) >= 11 is 0. The van der Waals surface area contributed by atoms with Crippen LogP contribution in [0.4, 0.5) is 0 Å². The third-order valence-electron chi connectivity index (χ3n) is 4.25. The summed E-state index contributed by atoms with van der Waals surface area (Å²) in [6, 6.07) is 13.6. The minimum absolute atomic E-state index is 0.0393. The van der Waals surface area contributed by atoms with E-state index in [4.69, 9.17) is 9.84 Å². The minimum Gasteiger partial charge on any atom is -0.497 e. The molecule has 1 amide bonds. The lowest BCUT2D eigenvalue weighted by Gasteiger charge is -2.19. The van der Waals surface area contributed by atoms with Crippen molar-refractivity contribution in [3.05, 3.63) is 65.2 Å². The van der Waals surface area contributed by atoms with E-state index < -0.39 is 5.97 Å². The highest BCUT2D eigenvalue weighted by atomic mass is 16.5. The number of rotatable bonds is 6. The molecule has 2 aromatic carbocycles. The quantitative estimate of drug-likeness (QED) is 0.854. The number of aromatic carboxylic acids is 1. The van der Waals surface area contributed by atoms with Crippen LogP contribution < -0.4 is 10.1 Å². The summed E-state index contributed by atoms with van der Waals surface area (Å²) in [5.41, 5.74) is 1.67. The maximum atomic E-state index is 12.5. The molecule has 5 heteroatoms. The van der Waals surface area contributed by atoms with Crippen LogP contribution in [0.1, 0.15) is 45.2 Å². The van der Waals surface area contributed by atoms with Gasteiger partial charge in [0.05, 0.1) is 18.7 Å². The van der Waals surface area contributed by atoms with Crippen LogP contribution in [0.15, 0.2) is 48.5 Å². The molecule has 1 saturated carbocycles. The molecule has 1 aliphatic rings. The van der Waals surface area contributed by atoms with E-state index in [0.29, 0.717) is 11.5 Å². The van der Waals surface area contributed by atoms with Crippen molar-refractivity contribution < 1.29 is 19.4 Å². The zero-order valence-corrected chi connectivity index (χ0v) is 13.4. The van der Waals surface area contributed by atoms with Gasteiger partial charge in [0.15, 0.2) is 0 Å². The van der Waals surface area contributed by atoms with Crippen LogP contribution >= 0.6 is 0 Å². The summed E-state index contributed by atoms with van der Waals surface area (Å²) in [4.78, 5) is 23.4. The third-order valence-corrected chi connectivity index (χ3v) is 4.25. The van der Waals surface area contributed by atoms with E-state index in [-0.39, 0.29) is 17.5 Å². The van der Waals surface area contributed by atoms with Gasteiger partial charge in [-0.25, -0.2) is 4.79 Å². The number of methoxy groups -OCH3 is 1. The maximum absolute atomic E-state index is 12.5. The number of hydrogen-bond acceptors (Lipinski definition) is 3. The number of ether oxygens (including phenoxy) is 1. The van der Waals surface area contributed by atoms with Crippen LogP contribution in [0.5, 0.6) is 5.75 Å². The van der Waals surface area contributed by atoms with E-state index in [9.17, 15) is 9.59 Å². The molecule has 1 unspecified atom stereocenters. The monoisotopic (exact) mass is 325 g/mol. The van der Waals surface area contributed by atoms with Gasteiger partial charge in [0.25, 0.3) is 5.91 Å². The summed E-state index contributed by atoms with van der Waals surface area (Å²) in [6.45, 7) is 0. The summed E-state index contributed by atoms with van der Waals surface area (Å²) in [7, 11) is 1.62. The van der Waals surface area contributed by atoms with E-state index in [1.54, 1.807) is 7.11 Å². The Hall–Kier alpha value is -2.82. The van der Waals surface area contributed by atoms with Crippen molar-refractivity contribution in [3.63, 3.8) is 0 Å². The van der Waals surface area contributed by atoms with Crippen LogP contribution in [-0.4, -0.2) is 24.1 Å². The Labute approximate surface area is 140 Å². The van der Waals surface area contributed by atoms with Gasteiger partial charge < -0.3 is 15.2 Å². The molecule has 124 valence electrons. The molecule has 0 saturated heterocycles. The summed E-state index contributed by atoms with van der Waals surface area (Å²) in [5, 5.41) is 12.0. The standard InChI is InChI=1S/C19H19NO4/c1-24-16-10-8-13(9-11-16)17(12-2-3-12)20-18(21)14-4-6-15(7-5-14)19(22)23/h4-12,17H,2-3H2,1H3,(H,20,21)(H,22,23). The predicted octanol–water partition coefficient (Wildman–Crippen LogP) is 3.27. The zero-order valence-electron chi connectivity index (χ0n) is 13.4. The molecule has 3 rings (SSSR count). The molecule has 0 bridgehead atoms. The van der Waals surface area contributed by atoms with Gasteiger partial charge >= 0.3 is 5.97 Å². The van der Waals surface area contributed by atoms with E-state index in [1.807, 2.05) is 24.3 Å². The number of carbonyl (C=O) groups excluding carboxylic acids is 1. The Bertz CT molecular complexity index is 733. The second kappa shape index (κ2) is 6.74. The number of carboxylic acids is 1. The number of amides is 1. The first kappa shape index (κ1) is 16.1. The molecule has 24 heavy (non-hydrogen) atoms. The number of nitrogens with one attached hydrogen (secondary N) is 1. The van der Waals surface area contributed by atoms with Crippen molar-refractivity contribution in [1.82, 2.24) is 5.32 Å². The molecule has 1 atom stereocenters. The van der Waals surface area contributed by atoms with Gasteiger partial charge in [-0.3, -0.25) is 4.79 Å². The summed E-state index contributed by atoms with van der Waals surface area (Å²) < 4.78 is 5.17. The SMILES string of the molecule is COc1ccc(C(NC(=O)c2ccc(C(=O)O)cc2)C2CC2)cc1. The van der Waals surface area contributed by atoms with E-state index in [1.165, 1.54) is 24.3 Å². The lowest BCUT2D eigenvalue weighted by atomic mass is 10.0. The lowest BCUT2D eigenvalue weighted by Crippen LogP contribution is -2.29. The average Bonchev–Trinajstić information content (AvgIpc) is 3.44. The first-order valence-electron chi connectivity index (χ1n) is 7.86. The number of hydrogen-bond donors (Lipinski definition) is 2. The fourth-order valence-electron chi connectivity index (χ4n) is 2.70.